The Morgan fingerprint density at radius 3 is 1.75 bits per heavy atom. The summed E-state index contributed by atoms with van der Waals surface area (Å²) < 4.78 is 0. The van der Waals surface area contributed by atoms with Gasteiger partial charge in [0.05, 0.1) is 0 Å². The summed E-state index contributed by atoms with van der Waals surface area (Å²) in [7, 11) is 0. The van der Waals surface area contributed by atoms with Crippen LogP contribution in [0.3, 0.4) is 0 Å². The number of hydrogen-bond donors (Lipinski definition) is 0. The summed E-state index contributed by atoms with van der Waals surface area (Å²) in [6.07, 6.45) is 26.3. The normalized spacial score (nSPS) is 22.4. The van der Waals surface area contributed by atoms with Crippen molar-refractivity contribution in [3.8, 4) is 11.1 Å². The fourth-order valence-corrected chi connectivity index (χ4v) is 6.71. The highest BCUT2D eigenvalue weighted by atomic mass is 14.3. The van der Waals surface area contributed by atoms with Crippen LogP contribution in [-0.4, -0.2) is 0 Å². The SMILES string of the molecule is CCCCCCCCCCC1CC=C(c2ccc(-c3ccc(C4CCC(CC)CC4)cc3)cc2)CC1. The fraction of sp³-hybridized carbons (Fsp3) is 0.611. The van der Waals surface area contributed by atoms with Crippen molar-refractivity contribution in [3.05, 3.63) is 65.7 Å². The van der Waals surface area contributed by atoms with Gasteiger partial charge in [-0.15, -0.1) is 0 Å². The van der Waals surface area contributed by atoms with Gasteiger partial charge in [0.1, 0.15) is 0 Å². The average molecular weight is 485 g/mol. The molecule has 2 aliphatic rings. The first-order valence-corrected chi connectivity index (χ1v) is 15.7. The molecular weight excluding hydrogens is 432 g/mol. The molecule has 4 rings (SSSR count). The summed E-state index contributed by atoms with van der Waals surface area (Å²) in [5.41, 5.74) is 7.28. The number of benzene rings is 2. The molecule has 0 aromatic heterocycles. The largest absolute Gasteiger partial charge is 0.0804 e. The van der Waals surface area contributed by atoms with Crippen LogP contribution in [0.5, 0.6) is 0 Å². The van der Waals surface area contributed by atoms with E-state index in [1.807, 2.05) is 0 Å². The zero-order chi connectivity index (χ0) is 25.0. The van der Waals surface area contributed by atoms with Gasteiger partial charge in [0.2, 0.25) is 0 Å². The molecule has 196 valence electrons. The van der Waals surface area contributed by atoms with Crippen LogP contribution in [0.1, 0.15) is 140 Å². The fourth-order valence-electron chi connectivity index (χ4n) is 6.71. The van der Waals surface area contributed by atoms with Gasteiger partial charge in [0, 0.05) is 0 Å². The smallest absolute Gasteiger partial charge is 0.0162 e. The summed E-state index contributed by atoms with van der Waals surface area (Å²) in [4.78, 5) is 0. The topological polar surface area (TPSA) is 0 Å². The first-order chi connectivity index (χ1) is 17.8. The van der Waals surface area contributed by atoms with E-state index in [1.165, 1.54) is 126 Å². The molecule has 0 heteroatoms. The van der Waals surface area contributed by atoms with E-state index in [9.17, 15) is 0 Å². The second-order valence-electron chi connectivity index (χ2n) is 12.0. The molecule has 2 aromatic rings. The molecule has 36 heavy (non-hydrogen) atoms. The highest BCUT2D eigenvalue weighted by Gasteiger charge is 2.21. The lowest BCUT2D eigenvalue weighted by molar-refractivity contribution is 0.319. The molecule has 1 fully saturated rings. The lowest BCUT2D eigenvalue weighted by Crippen LogP contribution is -2.12. The lowest BCUT2D eigenvalue weighted by Gasteiger charge is -2.28. The minimum Gasteiger partial charge on any atom is -0.0804 e. The molecule has 2 aromatic carbocycles. The van der Waals surface area contributed by atoms with Crippen molar-refractivity contribution in [1.82, 2.24) is 0 Å². The van der Waals surface area contributed by atoms with Crippen molar-refractivity contribution in [2.24, 2.45) is 11.8 Å². The van der Waals surface area contributed by atoms with Crippen molar-refractivity contribution in [2.45, 2.75) is 129 Å². The Labute approximate surface area is 223 Å². The van der Waals surface area contributed by atoms with E-state index in [2.05, 4.69) is 68.5 Å². The standard InChI is InChI=1S/C36H52/c1-3-5-6-7-8-9-10-11-12-30-15-19-32(20-16-30)34-23-27-36(28-24-34)35-25-21-33(22-26-35)31-17-13-29(4-2)14-18-31/h19,21-31H,3-18,20H2,1-2H3. The highest BCUT2D eigenvalue weighted by molar-refractivity contribution is 5.71. The van der Waals surface area contributed by atoms with Gasteiger partial charge in [-0.25, -0.2) is 0 Å². The van der Waals surface area contributed by atoms with Crippen molar-refractivity contribution < 1.29 is 0 Å². The van der Waals surface area contributed by atoms with Crippen LogP contribution in [0.2, 0.25) is 0 Å². The van der Waals surface area contributed by atoms with Crippen LogP contribution in [-0.2, 0) is 0 Å². The molecule has 1 atom stereocenters. The van der Waals surface area contributed by atoms with Crippen LogP contribution < -0.4 is 0 Å². The molecule has 0 radical (unpaired) electrons. The maximum Gasteiger partial charge on any atom is -0.0162 e. The zero-order valence-corrected chi connectivity index (χ0v) is 23.4. The first kappa shape index (κ1) is 27.2. The number of allylic oxidation sites excluding steroid dienone is 2. The Morgan fingerprint density at radius 2 is 1.17 bits per heavy atom. The summed E-state index contributed by atoms with van der Waals surface area (Å²) in [5, 5.41) is 0. The van der Waals surface area contributed by atoms with Crippen LogP contribution in [0.4, 0.5) is 0 Å². The van der Waals surface area contributed by atoms with Gasteiger partial charge in [0.25, 0.3) is 0 Å². The molecule has 1 saturated carbocycles. The molecule has 0 heterocycles. The second-order valence-corrected chi connectivity index (χ2v) is 12.0. The van der Waals surface area contributed by atoms with E-state index in [0.717, 1.165) is 17.8 Å². The second kappa shape index (κ2) is 14.8. The molecule has 2 aliphatic carbocycles. The third-order valence-corrected chi connectivity index (χ3v) is 9.38. The molecule has 0 spiro atoms. The van der Waals surface area contributed by atoms with Gasteiger partial charge in [-0.3, -0.25) is 0 Å². The molecule has 0 aliphatic heterocycles. The third-order valence-electron chi connectivity index (χ3n) is 9.38. The lowest BCUT2D eigenvalue weighted by atomic mass is 9.77. The molecule has 0 nitrogen and oxygen atoms in total. The minimum absolute atomic E-state index is 0.779. The molecule has 0 amide bonds. The number of unbranched alkanes of at least 4 members (excludes halogenated alkanes) is 7. The van der Waals surface area contributed by atoms with Gasteiger partial charge in [0.15, 0.2) is 0 Å². The Kier molecular flexibility index (Phi) is 11.2. The van der Waals surface area contributed by atoms with Crippen molar-refractivity contribution in [2.75, 3.05) is 0 Å². The van der Waals surface area contributed by atoms with Crippen molar-refractivity contribution in [3.63, 3.8) is 0 Å². The van der Waals surface area contributed by atoms with Crippen LogP contribution in [0.25, 0.3) is 16.7 Å². The predicted octanol–water partition coefficient (Wildman–Crippen LogP) is 11.8. The minimum atomic E-state index is 0.779. The van der Waals surface area contributed by atoms with E-state index in [0.29, 0.717) is 0 Å². The summed E-state index contributed by atoms with van der Waals surface area (Å²) in [6.45, 7) is 4.65. The Morgan fingerprint density at radius 1 is 0.583 bits per heavy atom. The van der Waals surface area contributed by atoms with Gasteiger partial charge in [-0.1, -0.05) is 133 Å². The Balaban J connectivity index is 1.20. The first-order valence-electron chi connectivity index (χ1n) is 15.7. The van der Waals surface area contributed by atoms with Crippen molar-refractivity contribution in [1.29, 1.82) is 0 Å². The van der Waals surface area contributed by atoms with E-state index in [-0.39, 0.29) is 0 Å². The quantitative estimate of drug-likeness (QED) is 0.248. The predicted molar refractivity (Wildman–Crippen MR) is 159 cm³/mol. The maximum absolute atomic E-state index is 2.55. The van der Waals surface area contributed by atoms with Crippen LogP contribution in [0.15, 0.2) is 54.6 Å². The Hall–Kier alpha value is -1.82. The van der Waals surface area contributed by atoms with Crippen molar-refractivity contribution >= 4 is 5.57 Å². The highest BCUT2D eigenvalue weighted by Crippen LogP contribution is 2.38. The molecule has 0 saturated heterocycles. The van der Waals surface area contributed by atoms with E-state index in [1.54, 1.807) is 11.1 Å². The Bertz CT molecular complexity index is 892. The third kappa shape index (κ3) is 8.09. The van der Waals surface area contributed by atoms with Crippen LogP contribution in [0, 0.1) is 11.8 Å². The molecule has 0 bridgehead atoms. The average Bonchev–Trinajstić information content (AvgIpc) is 2.95. The summed E-state index contributed by atoms with van der Waals surface area (Å²) >= 11 is 0. The monoisotopic (exact) mass is 484 g/mol. The number of rotatable bonds is 13. The summed E-state index contributed by atoms with van der Waals surface area (Å²) in [6, 6.07) is 18.9. The van der Waals surface area contributed by atoms with E-state index in [4.69, 9.17) is 0 Å². The molecular formula is C36H52. The zero-order valence-electron chi connectivity index (χ0n) is 23.4. The van der Waals surface area contributed by atoms with E-state index < -0.39 is 0 Å². The molecule has 0 N–H and O–H groups in total. The van der Waals surface area contributed by atoms with Gasteiger partial charge in [-0.2, -0.15) is 0 Å². The maximum atomic E-state index is 2.55. The molecule has 1 unspecified atom stereocenters. The van der Waals surface area contributed by atoms with Gasteiger partial charge < -0.3 is 0 Å². The van der Waals surface area contributed by atoms with Gasteiger partial charge in [-0.05, 0) is 90.5 Å². The van der Waals surface area contributed by atoms with E-state index >= 15 is 0 Å². The van der Waals surface area contributed by atoms with Crippen LogP contribution >= 0.6 is 0 Å². The number of hydrogen-bond acceptors (Lipinski definition) is 0. The van der Waals surface area contributed by atoms with Gasteiger partial charge >= 0.3 is 0 Å². The summed E-state index contributed by atoms with van der Waals surface area (Å²) in [5.74, 6) is 2.67.